The van der Waals surface area contributed by atoms with E-state index < -0.39 is 18.2 Å². The van der Waals surface area contributed by atoms with Crippen molar-refractivity contribution >= 4 is 5.97 Å². The van der Waals surface area contributed by atoms with Gasteiger partial charge in [0.25, 0.3) is 0 Å². The molecular formula is C24H38O5. The van der Waals surface area contributed by atoms with E-state index in [9.17, 15) is 20.1 Å². The lowest BCUT2D eigenvalue weighted by molar-refractivity contribution is -0.158. The summed E-state index contributed by atoms with van der Waals surface area (Å²) in [5.74, 6) is 0.426. The second kappa shape index (κ2) is 7.35. The topological polar surface area (TPSA) is 98.0 Å². The zero-order valence-electron chi connectivity index (χ0n) is 18.1. The normalized spacial score (nSPS) is 50.1. The highest BCUT2D eigenvalue weighted by Gasteiger charge is 2.64. The molecule has 0 amide bonds. The van der Waals surface area contributed by atoms with Gasteiger partial charge >= 0.3 is 5.97 Å². The van der Waals surface area contributed by atoms with E-state index in [2.05, 4.69) is 20.8 Å². The maximum Gasteiger partial charge on any atom is 0.303 e. The fourth-order valence-electron chi connectivity index (χ4n) is 8.12. The molecule has 29 heavy (non-hydrogen) atoms. The van der Waals surface area contributed by atoms with Crippen LogP contribution >= 0.6 is 0 Å². The number of hydrogen-bond acceptors (Lipinski definition) is 4. The van der Waals surface area contributed by atoms with Crippen LogP contribution in [0.5, 0.6) is 0 Å². The van der Waals surface area contributed by atoms with E-state index in [4.69, 9.17) is 5.11 Å². The van der Waals surface area contributed by atoms with Crippen LogP contribution in [0.3, 0.4) is 0 Å². The summed E-state index contributed by atoms with van der Waals surface area (Å²) < 4.78 is 0. The van der Waals surface area contributed by atoms with Crippen LogP contribution in [0.2, 0.25) is 0 Å². The van der Waals surface area contributed by atoms with Gasteiger partial charge in [0.1, 0.15) is 0 Å². The van der Waals surface area contributed by atoms with Crippen LogP contribution in [0.1, 0.15) is 72.1 Å². The van der Waals surface area contributed by atoms with Gasteiger partial charge < -0.3 is 20.4 Å². The number of carboxylic acids is 1. The van der Waals surface area contributed by atoms with Crippen molar-refractivity contribution in [1.82, 2.24) is 0 Å². The fourth-order valence-corrected chi connectivity index (χ4v) is 8.12. The molecule has 0 aromatic carbocycles. The summed E-state index contributed by atoms with van der Waals surface area (Å²) in [4.78, 5) is 11.1. The molecule has 4 N–H and O–H groups in total. The van der Waals surface area contributed by atoms with E-state index in [0.29, 0.717) is 25.2 Å². The first-order valence-electron chi connectivity index (χ1n) is 11.6. The van der Waals surface area contributed by atoms with Gasteiger partial charge in [0.05, 0.1) is 18.3 Å². The molecule has 3 fully saturated rings. The van der Waals surface area contributed by atoms with Crippen LogP contribution in [-0.4, -0.2) is 44.7 Å². The smallest absolute Gasteiger partial charge is 0.303 e. The van der Waals surface area contributed by atoms with E-state index in [1.807, 2.05) is 6.08 Å². The minimum Gasteiger partial charge on any atom is -0.481 e. The lowest BCUT2D eigenvalue weighted by Gasteiger charge is -2.61. The van der Waals surface area contributed by atoms with Crippen molar-refractivity contribution in [1.29, 1.82) is 0 Å². The second-order valence-electron chi connectivity index (χ2n) is 11.0. The number of carboxylic acid groups (broad SMARTS) is 1. The Morgan fingerprint density at radius 1 is 1.17 bits per heavy atom. The van der Waals surface area contributed by atoms with Gasteiger partial charge in [-0.05, 0) is 85.4 Å². The molecule has 4 rings (SSSR count). The van der Waals surface area contributed by atoms with Gasteiger partial charge in [-0.15, -0.1) is 0 Å². The van der Waals surface area contributed by atoms with Crippen molar-refractivity contribution in [2.75, 3.05) is 0 Å². The number of aliphatic hydroxyl groups excluding tert-OH is 3. The molecule has 0 spiro atoms. The Hall–Kier alpha value is -0.910. The summed E-state index contributed by atoms with van der Waals surface area (Å²) >= 11 is 0. The Bertz CT molecular complexity index is 689. The van der Waals surface area contributed by atoms with Crippen LogP contribution in [0.4, 0.5) is 0 Å². The molecular weight excluding hydrogens is 368 g/mol. The molecule has 4 aliphatic rings. The zero-order chi connectivity index (χ0) is 21.1. The first kappa shape index (κ1) is 21.3. The third-order valence-corrected chi connectivity index (χ3v) is 9.78. The second-order valence-corrected chi connectivity index (χ2v) is 11.0. The maximum absolute atomic E-state index is 11.5. The van der Waals surface area contributed by atoms with Crippen molar-refractivity contribution in [3.8, 4) is 0 Å². The van der Waals surface area contributed by atoms with Crippen molar-refractivity contribution in [2.45, 2.75) is 90.4 Å². The van der Waals surface area contributed by atoms with Gasteiger partial charge in [0.2, 0.25) is 0 Å². The van der Waals surface area contributed by atoms with Gasteiger partial charge in [0.15, 0.2) is 0 Å². The number of fused-ring (bicyclic) bond motifs is 5. The molecule has 164 valence electrons. The van der Waals surface area contributed by atoms with Crippen LogP contribution < -0.4 is 0 Å². The number of hydrogen-bond donors (Lipinski definition) is 4. The number of aliphatic carboxylic acids is 1. The third-order valence-electron chi connectivity index (χ3n) is 9.78. The summed E-state index contributed by atoms with van der Waals surface area (Å²) in [6, 6.07) is 0. The van der Waals surface area contributed by atoms with Crippen molar-refractivity contribution in [3.63, 3.8) is 0 Å². The van der Waals surface area contributed by atoms with E-state index >= 15 is 0 Å². The highest BCUT2D eigenvalue weighted by Crippen LogP contribution is 2.67. The van der Waals surface area contributed by atoms with Crippen molar-refractivity contribution < 1.29 is 25.2 Å². The quantitative estimate of drug-likeness (QED) is 0.537. The molecule has 10 atom stereocenters. The molecule has 3 saturated carbocycles. The van der Waals surface area contributed by atoms with Gasteiger partial charge in [0, 0.05) is 6.42 Å². The number of carbonyl (C=O) groups is 1. The average molecular weight is 407 g/mol. The highest BCUT2D eigenvalue weighted by molar-refractivity contribution is 5.66. The molecule has 4 aliphatic carbocycles. The Morgan fingerprint density at radius 2 is 1.90 bits per heavy atom. The average Bonchev–Trinajstić information content (AvgIpc) is 3.01. The number of rotatable bonds is 4. The summed E-state index contributed by atoms with van der Waals surface area (Å²) in [5, 5.41) is 41.9. The standard InChI is InChI=1S/C24H38O5/c1-13(4-7-21(28)29)16-5-6-17-22-18(12-20(27)24(16,17)3)23(2)9-8-15(25)10-14(23)11-19(22)26/h11,13,15-20,22,25-27H,4-10,12H2,1-3H3,(H,28,29)/t13-,15-,16-,17+,18+,19-,20+,22+,23+,24-/m1/s1. The molecule has 0 radical (unpaired) electrons. The van der Waals surface area contributed by atoms with Gasteiger partial charge in [-0.1, -0.05) is 32.4 Å². The molecule has 0 heterocycles. The molecule has 5 heteroatoms. The Balaban J connectivity index is 1.64. The molecule has 0 bridgehead atoms. The van der Waals surface area contributed by atoms with E-state index in [1.54, 1.807) is 0 Å². The minimum absolute atomic E-state index is 0.0432. The summed E-state index contributed by atoms with van der Waals surface area (Å²) in [5.41, 5.74) is 0.874. The first-order chi connectivity index (χ1) is 13.6. The fraction of sp³-hybridized carbons (Fsp3) is 0.875. The SMILES string of the molecule is C[C@H](CCC(=O)O)[C@H]1CC[C@H]2[C@@H]3[C@H](O)C=C4C[C@H](O)CC[C@]4(C)[C@H]3C[C@H](O)[C@]12C. The predicted octanol–water partition coefficient (Wildman–Crippen LogP) is 3.37. The lowest BCUT2D eigenvalue weighted by atomic mass is 9.45. The molecule has 0 aromatic heterocycles. The molecule has 5 nitrogen and oxygen atoms in total. The largest absolute Gasteiger partial charge is 0.481 e. The monoisotopic (exact) mass is 406 g/mol. The molecule has 0 unspecified atom stereocenters. The van der Waals surface area contributed by atoms with Crippen molar-refractivity contribution in [3.05, 3.63) is 11.6 Å². The predicted molar refractivity (Wildman–Crippen MR) is 110 cm³/mol. The van der Waals surface area contributed by atoms with Gasteiger partial charge in [-0.2, -0.15) is 0 Å². The van der Waals surface area contributed by atoms with Gasteiger partial charge in [-0.25, -0.2) is 0 Å². The summed E-state index contributed by atoms with van der Waals surface area (Å²) in [6.45, 7) is 6.62. The summed E-state index contributed by atoms with van der Waals surface area (Å²) in [6.07, 6.45) is 6.64. The molecule has 0 aromatic rings. The van der Waals surface area contributed by atoms with Crippen LogP contribution in [0.15, 0.2) is 11.6 Å². The van der Waals surface area contributed by atoms with Gasteiger partial charge in [-0.3, -0.25) is 4.79 Å². The van der Waals surface area contributed by atoms with Crippen LogP contribution in [0.25, 0.3) is 0 Å². The molecule has 0 saturated heterocycles. The van der Waals surface area contributed by atoms with E-state index in [0.717, 1.165) is 25.7 Å². The van der Waals surface area contributed by atoms with Crippen LogP contribution in [0, 0.1) is 40.4 Å². The molecule has 0 aliphatic heterocycles. The minimum atomic E-state index is -0.756. The highest BCUT2D eigenvalue weighted by atomic mass is 16.4. The summed E-state index contributed by atoms with van der Waals surface area (Å²) in [7, 11) is 0. The zero-order valence-corrected chi connectivity index (χ0v) is 18.1. The first-order valence-corrected chi connectivity index (χ1v) is 11.6. The van der Waals surface area contributed by atoms with Crippen molar-refractivity contribution in [2.24, 2.45) is 40.4 Å². The third kappa shape index (κ3) is 3.19. The van der Waals surface area contributed by atoms with Crippen LogP contribution in [-0.2, 0) is 4.79 Å². The maximum atomic E-state index is 11.5. The Morgan fingerprint density at radius 3 is 2.59 bits per heavy atom. The Kier molecular flexibility index (Phi) is 5.40. The lowest BCUT2D eigenvalue weighted by Crippen LogP contribution is -2.59. The van der Waals surface area contributed by atoms with E-state index in [-0.39, 0.29) is 47.0 Å². The van der Waals surface area contributed by atoms with E-state index in [1.165, 1.54) is 5.57 Å². The number of aliphatic hydroxyl groups is 3. The Labute approximate surface area is 174 Å².